The number of esters is 1. The summed E-state index contributed by atoms with van der Waals surface area (Å²) < 4.78 is 4.91. The second-order valence-corrected chi connectivity index (χ2v) is 3.84. The number of hydrogen-bond donors (Lipinski definition) is 2. The second kappa shape index (κ2) is 7.60. The Balaban J connectivity index is 2.59. The van der Waals surface area contributed by atoms with Crippen LogP contribution in [0.15, 0.2) is 6.20 Å². The molecule has 0 fully saturated rings. The van der Waals surface area contributed by atoms with Gasteiger partial charge in [-0.05, 0) is 33.2 Å². The third-order valence-electron chi connectivity index (χ3n) is 2.39. The number of hydrogen-bond acceptors (Lipinski definition) is 6. The van der Waals surface area contributed by atoms with Crippen LogP contribution in [0, 0.1) is 6.92 Å². The van der Waals surface area contributed by atoms with Crippen molar-refractivity contribution in [1.82, 2.24) is 9.97 Å². The highest BCUT2D eigenvalue weighted by molar-refractivity contribution is 5.90. The number of nitrogens with one attached hydrogen (secondary N) is 1. The maximum atomic E-state index is 11.5. The van der Waals surface area contributed by atoms with Crippen LogP contribution in [-0.4, -0.2) is 35.6 Å². The maximum Gasteiger partial charge on any atom is 0.341 e. The lowest BCUT2D eigenvalue weighted by Gasteiger charge is -2.07. The number of aromatic nitrogens is 2. The molecule has 0 radical (unpaired) electrons. The van der Waals surface area contributed by atoms with Crippen molar-refractivity contribution in [3.05, 3.63) is 17.5 Å². The minimum absolute atomic E-state index is 0.345. The van der Waals surface area contributed by atoms with E-state index >= 15 is 0 Å². The zero-order valence-electron chi connectivity index (χ0n) is 10.9. The van der Waals surface area contributed by atoms with Crippen LogP contribution < -0.4 is 11.1 Å². The first-order chi connectivity index (χ1) is 8.69. The fourth-order valence-electron chi connectivity index (χ4n) is 1.43. The van der Waals surface area contributed by atoms with Gasteiger partial charge in [-0.2, -0.15) is 0 Å². The molecular formula is C12H20N4O2. The predicted molar refractivity (Wildman–Crippen MR) is 69.5 cm³/mol. The third-order valence-corrected chi connectivity index (χ3v) is 2.39. The molecule has 1 aromatic heterocycles. The van der Waals surface area contributed by atoms with E-state index in [1.54, 1.807) is 13.8 Å². The lowest BCUT2D eigenvalue weighted by molar-refractivity contribution is 0.0524. The Hall–Kier alpha value is -1.69. The van der Waals surface area contributed by atoms with Gasteiger partial charge in [0.05, 0.1) is 17.9 Å². The van der Waals surface area contributed by atoms with E-state index in [4.69, 9.17) is 10.5 Å². The van der Waals surface area contributed by atoms with Gasteiger partial charge in [0, 0.05) is 12.7 Å². The number of anilines is 1. The van der Waals surface area contributed by atoms with Crippen molar-refractivity contribution in [2.45, 2.75) is 26.7 Å². The highest BCUT2D eigenvalue weighted by Gasteiger charge is 2.12. The SMILES string of the molecule is CCOC(=O)c1cnc(NCCCCN)nc1C. The van der Waals surface area contributed by atoms with Gasteiger partial charge < -0.3 is 15.8 Å². The van der Waals surface area contributed by atoms with E-state index in [0.29, 0.717) is 30.4 Å². The van der Waals surface area contributed by atoms with Gasteiger partial charge >= 0.3 is 5.97 Å². The Kier molecular flexibility index (Phi) is 6.07. The standard InChI is InChI=1S/C12H20N4O2/c1-3-18-11(17)10-8-15-12(16-9(10)2)14-7-5-4-6-13/h8H,3-7,13H2,1-2H3,(H,14,15,16). The number of carbonyl (C=O) groups is 1. The molecule has 0 bridgehead atoms. The number of aryl methyl sites for hydroxylation is 1. The molecule has 0 unspecified atom stereocenters. The van der Waals surface area contributed by atoms with E-state index in [1.165, 1.54) is 6.20 Å². The van der Waals surface area contributed by atoms with Gasteiger partial charge in [0.1, 0.15) is 0 Å². The van der Waals surface area contributed by atoms with E-state index in [9.17, 15) is 4.79 Å². The summed E-state index contributed by atoms with van der Waals surface area (Å²) in [4.78, 5) is 19.8. The highest BCUT2D eigenvalue weighted by Crippen LogP contribution is 2.08. The highest BCUT2D eigenvalue weighted by atomic mass is 16.5. The number of nitrogens with zero attached hydrogens (tertiary/aromatic N) is 2. The van der Waals surface area contributed by atoms with E-state index < -0.39 is 0 Å². The van der Waals surface area contributed by atoms with Crippen LogP contribution in [-0.2, 0) is 4.74 Å². The Morgan fingerprint density at radius 2 is 2.28 bits per heavy atom. The molecule has 6 heteroatoms. The molecule has 0 saturated heterocycles. The van der Waals surface area contributed by atoms with Crippen LogP contribution in [0.4, 0.5) is 5.95 Å². The minimum Gasteiger partial charge on any atom is -0.462 e. The van der Waals surface area contributed by atoms with Crippen molar-refractivity contribution in [2.75, 3.05) is 25.0 Å². The van der Waals surface area contributed by atoms with Crippen LogP contribution in [0.5, 0.6) is 0 Å². The first kappa shape index (κ1) is 14.4. The van der Waals surface area contributed by atoms with Gasteiger partial charge in [-0.25, -0.2) is 14.8 Å². The molecule has 0 atom stereocenters. The number of carbonyl (C=O) groups excluding carboxylic acids is 1. The molecule has 0 aliphatic heterocycles. The van der Waals surface area contributed by atoms with E-state index in [2.05, 4.69) is 15.3 Å². The summed E-state index contributed by atoms with van der Waals surface area (Å²) in [5.41, 5.74) is 6.43. The predicted octanol–water partition coefficient (Wildman–Crippen LogP) is 1.11. The van der Waals surface area contributed by atoms with Gasteiger partial charge in [0.15, 0.2) is 0 Å². The van der Waals surface area contributed by atoms with Crippen molar-refractivity contribution in [2.24, 2.45) is 5.73 Å². The van der Waals surface area contributed by atoms with Crippen LogP contribution in [0.25, 0.3) is 0 Å². The molecule has 0 aliphatic carbocycles. The van der Waals surface area contributed by atoms with Crippen molar-refractivity contribution in [3.63, 3.8) is 0 Å². The maximum absolute atomic E-state index is 11.5. The molecule has 6 nitrogen and oxygen atoms in total. The molecule has 0 aromatic carbocycles. The molecule has 3 N–H and O–H groups in total. The van der Waals surface area contributed by atoms with Gasteiger partial charge in [-0.3, -0.25) is 0 Å². The molecule has 18 heavy (non-hydrogen) atoms. The van der Waals surface area contributed by atoms with Gasteiger partial charge in [0.2, 0.25) is 5.95 Å². The summed E-state index contributed by atoms with van der Waals surface area (Å²) in [6.45, 7) is 5.33. The first-order valence-corrected chi connectivity index (χ1v) is 6.13. The largest absolute Gasteiger partial charge is 0.462 e. The zero-order valence-corrected chi connectivity index (χ0v) is 10.9. The lowest BCUT2D eigenvalue weighted by Crippen LogP contribution is -2.12. The molecule has 0 saturated carbocycles. The fraction of sp³-hybridized carbons (Fsp3) is 0.583. The van der Waals surface area contributed by atoms with Crippen LogP contribution in [0.3, 0.4) is 0 Å². The number of unbranched alkanes of at least 4 members (excludes halogenated alkanes) is 1. The van der Waals surface area contributed by atoms with E-state index in [0.717, 1.165) is 19.4 Å². The summed E-state index contributed by atoms with van der Waals surface area (Å²) in [6, 6.07) is 0. The third kappa shape index (κ3) is 4.29. The van der Waals surface area contributed by atoms with Gasteiger partial charge in [0.25, 0.3) is 0 Å². The Morgan fingerprint density at radius 1 is 1.50 bits per heavy atom. The van der Waals surface area contributed by atoms with Gasteiger partial charge in [-0.15, -0.1) is 0 Å². The Morgan fingerprint density at radius 3 is 2.89 bits per heavy atom. The van der Waals surface area contributed by atoms with E-state index in [-0.39, 0.29) is 5.97 Å². The topological polar surface area (TPSA) is 90.1 Å². The lowest BCUT2D eigenvalue weighted by atomic mass is 10.2. The van der Waals surface area contributed by atoms with Crippen molar-refractivity contribution < 1.29 is 9.53 Å². The zero-order chi connectivity index (χ0) is 13.4. The minimum atomic E-state index is -0.385. The fourth-order valence-corrected chi connectivity index (χ4v) is 1.43. The van der Waals surface area contributed by atoms with Crippen LogP contribution in [0.1, 0.15) is 35.8 Å². The normalized spacial score (nSPS) is 10.2. The van der Waals surface area contributed by atoms with Crippen LogP contribution >= 0.6 is 0 Å². The summed E-state index contributed by atoms with van der Waals surface area (Å²) in [7, 11) is 0. The number of rotatable bonds is 7. The summed E-state index contributed by atoms with van der Waals surface area (Å²) in [5.74, 6) is 0.141. The molecule has 0 aliphatic rings. The molecule has 0 spiro atoms. The first-order valence-electron chi connectivity index (χ1n) is 6.13. The van der Waals surface area contributed by atoms with Gasteiger partial charge in [-0.1, -0.05) is 0 Å². The Labute approximate surface area is 107 Å². The van der Waals surface area contributed by atoms with Crippen molar-refractivity contribution >= 4 is 11.9 Å². The summed E-state index contributed by atoms with van der Waals surface area (Å²) in [5, 5.41) is 3.09. The molecule has 1 heterocycles. The molecule has 100 valence electrons. The summed E-state index contributed by atoms with van der Waals surface area (Å²) >= 11 is 0. The average Bonchev–Trinajstić information content (AvgIpc) is 2.35. The average molecular weight is 252 g/mol. The van der Waals surface area contributed by atoms with Crippen molar-refractivity contribution in [1.29, 1.82) is 0 Å². The molecule has 1 rings (SSSR count). The monoisotopic (exact) mass is 252 g/mol. The summed E-state index contributed by atoms with van der Waals surface area (Å²) in [6.07, 6.45) is 3.43. The van der Waals surface area contributed by atoms with Crippen LogP contribution in [0.2, 0.25) is 0 Å². The molecular weight excluding hydrogens is 232 g/mol. The smallest absolute Gasteiger partial charge is 0.341 e. The van der Waals surface area contributed by atoms with E-state index in [1.807, 2.05) is 0 Å². The second-order valence-electron chi connectivity index (χ2n) is 3.84. The van der Waals surface area contributed by atoms with Crippen molar-refractivity contribution in [3.8, 4) is 0 Å². The molecule has 1 aromatic rings. The number of ether oxygens (including phenoxy) is 1. The molecule has 0 amide bonds. The Bertz CT molecular complexity index is 396. The quantitative estimate of drug-likeness (QED) is 0.558. The number of nitrogens with two attached hydrogens (primary N) is 1.